The highest BCUT2D eigenvalue weighted by molar-refractivity contribution is 14.1. The first-order valence-electron chi connectivity index (χ1n) is 5.91. The van der Waals surface area contributed by atoms with Crippen LogP contribution in [-0.4, -0.2) is 11.0 Å². The summed E-state index contributed by atoms with van der Waals surface area (Å²) in [6, 6.07) is 15.0. The summed E-state index contributed by atoms with van der Waals surface area (Å²) in [6.07, 6.45) is 0. The Hall–Kier alpha value is -1.40. The van der Waals surface area contributed by atoms with Gasteiger partial charge in [0, 0.05) is 15.7 Å². The van der Waals surface area contributed by atoms with E-state index in [-0.39, 0.29) is 12.5 Å². The number of halogens is 1. The third-order valence-corrected chi connectivity index (χ3v) is 3.42. The van der Waals surface area contributed by atoms with Gasteiger partial charge in [-0.05, 0) is 51.9 Å². The highest BCUT2D eigenvalue weighted by Crippen LogP contribution is 2.08. The molecule has 2 N–H and O–H groups in total. The van der Waals surface area contributed by atoms with Gasteiger partial charge in [-0.2, -0.15) is 0 Å². The summed E-state index contributed by atoms with van der Waals surface area (Å²) in [5.74, 6) is -0.0789. The summed E-state index contributed by atoms with van der Waals surface area (Å²) in [5, 5.41) is 11.8. The first kappa shape index (κ1) is 14.0. The number of benzene rings is 2. The molecule has 0 atom stereocenters. The maximum Gasteiger partial charge on any atom is 0.251 e. The zero-order valence-corrected chi connectivity index (χ0v) is 12.4. The topological polar surface area (TPSA) is 49.3 Å². The third kappa shape index (κ3) is 4.04. The second-order valence-corrected chi connectivity index (χ2v) is 5.41. The molecule has 0 aliphatic rings. The van der Waals surface area contributed by atoms with E-state index in [1.54, 1.807) is 6.07 Å². The molecule has 0 aromatic heterocycles. The van der Waals surface area contributed by atoms with Crippen molar-refractivity contribution in [2.24, 2.45) is 0 Å². The number of nitrogens with one attached hydrogen (secondary N) is 1. The highest BCUT2D eigenvalue weighted by atomic mass is 127. The van der Waals surface area contributed by atoms with Crippen molar-refractivity contribution in [2.75, 3.05) is 0 Å². The van der Waals surface area contributed by atoms with Crippen molar-refractivity contribution >= 4 is 28.5 Å². The standard InChI is InChI=1S/C15H14INO2/c16-14-3-1-2-13(8-14)15(19)17-9-11-4-6-12(10-18)7-5-11/h1-8,18H,9-10H2,(H,17,19). The molecule has 2 aromatic carbocycles. The van der Waals surface area contributed by atoms with Crippen LogP contribution in [0.15, 0.2) is 48.5 Å². The summed E-state index contributed by atoms with van der Waals surface area (Å²) < 4.78 is 1.04. The zero-order chi connectivity index (χ0) is 13.7. The Morgan fingerprint density at radius 2 is 1.79 bits per heavy atom. The molecule has 2 rings (SSSR count). The van der Waals surface area contributed by atoms with E-state index in [4.69, 9.17) is 5.11 Å². The van der Waals surface area contributed by atoms with Gasteiger partial charge in [0.15, 0.2) is 0 Å². The molecule has 0 saturated heterocycles. The fourth-order valence-electron chi connectivity index (χ4n) is 1.68. The lowest BCUT2D eigenvalue weighted by Crippen LogP contribution is -2.22. The van der Waals surface area contributed by atoms with Crippen LogP contribution in [0.3, 0.4) is 0 Å². The molecule has 0 fully saturated rings. The van der Waals surface area contributed by atoms with Crippen LogP contribution in [0, 0.1) is 3.57 Å². The number of aliphatic hydroxyl groups excluding tert-OH is 1. The first-order chi connectivity index (χ1) is 9.19. The number of carbonyl (C=O) groups is 1. The van der Waals surface area contributed by atoms with Crippen molar-refractivity contribution in [1.82, 2.24) is 5.32 Å². The molecular weight excluding hydrogens is 353 g/mol. The molecular formula is C15H14INO2. The molecule has 2 aromatic rings. The fraction of sp³-hybridized carbons (Fsp3) is 0.133. The van der Waals surface area contributed by atoms with Gasteiger partial charge in [-0.1, -0.05) is 30.3 Å². The lowest BCUT2D eigenvalue weighted by atomic mass is 10.1. The number of hydrogen-bond donors (Lipinski definition) is 2. The van der Waals surface area contributed by atoms with E-state index in [1.165, 1.54) is 0 Å². The molecule has 0 unspecified atom stereocenters. The average molecular weight is 367 g/mol. The van der Waals surface area contributed by atoms with Gasteiger partial charge < -0.3 is 10.4 Å². The van der Waals surface area contributed by atoms with Crippen molar-refractivity contribution in [1.29, 1.82) is 0 Å². The van der Waals surface area contributed by atoms with Gasteiger partial charge in [0.05, 0.1) is 6.61 Å². The number of rotatable bonds is 4. The Morgan fingerprint density at radius 3 is 2.42 bits per heavy atom. The van der Waals surface area contributed by atoms with Gasteiger partial charge >= 0.3 is 0 Å². The maximum absolute atomic E-state index is 11.9. The molecule has 0 heterocycles. The van der Waals surface area contributed by atoms with E-state index in [0.29, 0.717) is 12.1 Å². The molecule has 0 aliphatic heterocycles. The largest absolute Gasteiger partial charge is 0.392 e. The van der Waals surface area contributed by atoms with Crippen LogP contribution in [-0.2, 0) is 13.2 Å². The predicted molar refractivity (Wildman–Crippen MR) is 82.7 cm³/mol. The minimum atomic E-state index is -0.0789. The molecule has 0 aliphatic carbocycles. The summed E-state index contributed by atoms with van der Waals surface area (Å²) >= 11 is 2.18. The van der Waals surface area contributed by atoms with Gasteiger partial charge in [-0.25, -0.2) is 0 Å². The summed E-state index contributed by atoms with van der Waals surface area (Å²) in [6.45, 7) is 0.519. The second-order valence-electron chi connectivity index (χ2n) is 4.17. The normalized spacial score (nSPS) is 10.2. The van der Waals surface area contributed by atoms with Gasteiger partial charge in [-0.15, -0.1) is 0 Å². The van der Waals surface area contributed by atoms with E-state index in [0.717, 1.165) is 14.7 Å². The van der Waals surface area contributed by atoms with Gasteiger partial charge in [0.1, 0.15) is 0 Å². The van der Waals surface area contributed by atoms with Crippen LogP contribution in [0.2, 0.25) is 0 Å². The Morgan fingerprint density at radius 1 is 1.11 bits per heavy atom. The Labute approximate surface area is 125 Å². The van der Waals surface area contributed by atoms with Crippen LogP contribution < -0.4 is 5.32 Å². The van der Waals surface area contributed by atoms with E-state index >= 15 is 0 Å². The number of carbonyl (C=O) groups excluding carboxylic acids is 1. The van der Waals surface area contributed by atoms with Crippen molar-refractivity contribution in [2.45, 2.75) is 13.2 Å². The third-order valence-electron chi connectivity index (χ3n) is 2.75. The summed E-state index contributed by atoms with van der Waals surface area (Å²) in [5.41, 5.74) is 2.54. The lowest BCUT2D eigenvalue weighted by molar-refractivity contribution is 0.0951. The Bertz CT molecular complexity index is 567. The molecule has 1 amide bonds. The van der Waals surface area contributed by atoms with Gasteiger partial charge in [-0.3, -0.25) is 4.79 Å². The quantitative estimate of drug-likeness (QED) is 0.817. The van der Waals surface area contributed by atoms with Crippen LogP contribution >= 0.6 is 22.6 Å². The Kier molecular flexibility index (Phi) is 4.93. The molecule has 0 bridgehead atoms. The minimum absolute atomic E-state index is 0.0368. The van der Waals surface area contributed by atoms with Crippen molar-refractivity contribution in [3.05, 3.63) is 68.8 Å². The van der Waals surface area contributed by atoms with Crippen molar-refractivity contribution < 1.29 is 9.90 Å². The SMILES string of the molecule is O=C(NCc1ccc(CO)cc1)c1cccc(I)c1. The zero-order valence-electron chi connectivity index (χ0n) is 10.3. The second kappa shape index (κ2) is 6.68. The smallest absolute Gasteiger partial charge is 0.251 e. The number of amides is 1. The average Bonchev–Trinajstić information content (AvgIpc) is 2.45. The van der Waals surface area contributed by atoms with Crippen LogP contribution in [0.4, 0.5) is 0 Å². The first-order valence-corrected chi connectivity index (χ1v) is 6.99. The van der Waals surface area contributed by atoms with Crippen LogP contribution in [0.1, 0.15) is 21.5 Å². The molecule has 3 nitrogen and oxygen atoms in total. The highest BCUT2D eigenvalue weighted by Gasteiger charge is 2.05. The molecule has 4 heteroatoms. The number of hydrogen-bond acceptors (Lipinski definition) is 2. The molecule has 0 saturated carbocycles. The fourth-order valence-corrected chi connectivity index (χ4v) is 2.22. The number of aliphatic hydroxyl groups is 1. The minimum Gasteiger partial charge on any atom is -0.392 e. The summed E-state index contributed by atoms with van der Waals surface area (Å²) in [7, 11) is 0. The van der Waals surface area contributed by atoms with E-state index in [2.05, 4.69) is 27.9 Å². The van der Waals surface area contributed by atoms with Crippen molar-refractivity contribution in [3.8, 4) is 0 Å². The molecule has 19 heavy (non-hydrogen) atoms. The predicted octanol–water partition coefficient (Wildman–Crippen LogP) is 2.71. The van der Waals surface area contributed by atoms with E-state index < -0.39 is 0 Å². The van der Waals surface area contributed by atoms with Crippen LogP contribution in [0.25, 0.3) is 0 Å². The van der Waals surface area contributed by atoms with Gasteiger partial charge in [0.2, 0.25) is 0 Å². The Balaban J connectivity index is 1.96. The van der Waals surface area contributed by atoms with E-state index in [9.17, 15) is 4.79 Å². The van der Waals surface area contributed by atoms with Crippen molar-refractivity contribution in [3.63, 3.8) is 0 Å². The molecule has 98 valence electrons. The lowest BCUT2D eigenvalue weighted by Gasteiger charge is -2.06. The van der Waals surface area contributed by atoms with E-state index in [1.807, 2.05) is 42.5 Å². The molecule has 0 spiro atoms. The van der Waals surface area contributed by atoms with Crippen LogP contribution in [0.5, 0.6) is 0 Å². The maximum atomic E-state index is 11.9. The monoisotopic (exact) mass is 367 g/mol. The molecule has 0 radical (unpaired) electrons. The summed E-state index contributed by atoms with van der Waals surface area (Å²) in [4.78, 5) is 11.9. The van der Waals surface area contributed by atoms with Gasteiger partial charge in [0.25, 0.3) is 5.91 Å².